The fourth-order valence-corrected chi connectivity index (χ4v) is 1.75. The molecule has 1 fully saturated rings. The Labute approximate surface area is 109 Å². The number of anilines is 1. The minimum atomic E-state index is -1.08. The molecule has 1 aromatic rings. The van der Waals surface area contributed by atoms with Crippen molar-refractivity contribution < 1.29 is 14.7 Å². The third-order valence-corrected chi connectivity index (χ3v) is 2.87. The topological polar surface area (TPSA) is 78.4 Å². The van der Waals surface area contributed by atoms with Crippen molar-refractivity contribution in [3.63, 3.8) is 0 Å². The molecule has 6 heteroatoms. The van der Waals surface area contributed by atoms with Crippen LogP contribution < -0.4 is 10.6 Å². The number of hydrogen-bond acceptors (Lipinski definition) is 2. The van der Waals surface area contributed by atoms with Gasteiger partial charge >= 0.3 is 12.0 Å². The summed E-state index contributed by atoms with van der Waals surface area (Å²) in [5.41, 5.74) is 0.410. The van der Waals surface area contributed by atoms with Crippen molar-refractivity contribution in [2.45, 2.75) is 12.8 Å². The normalized spacial score (nSPS) is 14.1. The maximum Gasteiger partial charge on any atom is 0.335 e. The minimum Gasteiger partial charge on any atom is -0.478 e. The molecule has 1 saturated carbocycles. The van der Waals surface area contributed by atoms with Crippen LogP contribution in [0.25, 0.3) is 0 Å². The summed E-state index contributed by atoms with van der Waals surface area (Å²) in [6.45, 7) is 0.651. The molecule has 0 spiro atoms. The number of urea groups is 1. The number of carboxylic acid groups (broad SMARTS) is 1. The van der Waals surface area contributed by atoms with Gasteiger partial charge in [-0.15, -0.1) is 0 Å². The monoisotopic (exact) mass is 268 g/mol. The third kappa shape index (κ3) is 3.63. The van der Waals surface area contributed by atoms with Crippen molar-refractivity contribution in [2.24, 2.45) is 5.92 Å². The number of hydrogen-bond donors (Lipinski definition) is 3. The highest BCUT2D eigenvalue weighted by atomic mass is 35.5. The summed E-state index contributed by atoms with van der Waals surface area (Å²) in [7, 11) is 0. The Balaban J connectivity index is 1.98. The van der Waals surface area contributed by atoms with Crippen molar-refractivity contribution in [1.82, 2.24) is 5.32 Å². The summed E-state index contributed by atoms with van der Waals surface area (Å²) >= 11 is 5.78. The van der Waals surface area contributed by atoms with Crippen molar-refractivity contribution >= 4 is 29.3 Å². The van der Waals surface area contributed by atoms with Gasteiger partial charge < -0.3 is 15.7 Å². The summed E-state index contributed by atoms with van der Waals surface area (Å²) in [6, 6.07) is 3.85. The molecule has 0 atom stereocenters. The molecule has 5 nitrogen and oxygen atoms in total. The fourth-order valence-electron chi connectivity index (χ4n) is 1.52. The maximum atomic E-state index is 11.5. The summed E-state index contributed by atoms with van der Waals surface area (Å²) in [6.07, 6.45) is 2.31. The van der Waals surface area contributed by atoms with Crippen LogP contribution in [0.2, 0.25) is 5.02 Å². The van der Waals surface area contributed by atoms with Crippen LogP contribution in [0.5, 0.6) is 0 Å². The van der Waals surface area contributed by atoms with Crippen LogP contribution in [0.4, 0.5) is 10.5 Å². The first-order valence-electron chi connectivity index (χ1n) is 5.63. The predicted octanol–water partition coefficient (Wildman–Crippen LogP) is 2.57. The zero-order chi connectivity index (χ0) is 13.1. The van der Waals surface area contributed by atoms with Crippen LogP contribution >= 0.6 is 11.6 Å². The number of halogens is 1. The number of carboxylic acids is 1. The first-order valence-corrected chi connectivity index (χ1v) is 6.01. The lowest BCUT2D eigenvalue weighted by Gasteiger charge is -2.08. The number of nitrogens with one attached hydrogen (secondary N) is 2. The number of rotatable bonds is 4. The predicted molar refractivity (Wildman–Crippen MR) is 68.2 cm³/mol. The van der Waals surface area contributed by atoms with E-state index in [4.69, 9.17) is 16.7 Å². The van der Waals surface area contributed by atoms with Gasteiger partial charge in [-0.25, -0.2) is 9.59 Å². The van der Waals surface area contributed by atoms with Gasteiger partial charge in [0.2, 0.25) is 0 Å². The highest BCUT2D eigenvalue weighted by Crippen LogP contribution is 2.27. The molecule has 0 unspecified atom stereocenters. The average molecular weight is 269 g/mol. The molecule has 2 rings (SSSR count). The summed E-state index contributed by atoms with van der Waals surface area (Å²) < 4.78 is 0. The van der Waals surface area contributed by atoms with Crippen LogP contribution in [-0.4, -0.2) is 23.7 Å². The molecule has 18 heavy (non-hydrogen) atoms. The zero-order valence-electron chi connectivity index (χ0n) is 9.57. The summed E-state index contributed by atoms with van der Waals surface area (Å²) in [5.74, 6) is -0.497. The van der Waals surface area contributed by atoms with Crippen molar-refractivity contribution in [3.8, 4) is 0 Å². The van der Waals surface area contributed by atoms with Gasteiger partial charge in [0.1, 0.15) is 0 Å². The largest absolute Gasteiger partial charge is 0.478 e. The van der Waals surface area contributed by atoms with E-state index < -0.39 is 5.97 Å². The average Bonchev–Trinajstić information content (AvgIpc) is 3.09. The Morgan fingerprint density at radius 1 is 1.33 bits per heavy atom. The molecule has 2 amide bonds. The molecular weight excluding hydrogens is 256 g/mol. The van der Waals surface area contributed by atoms with E-state index in [1.165, 1.54) is 18.2 Å². The lowest BCUT2D eigenvalue weighted by Crippen LogP contribution is -2.30. The lowest BCUT2D eigenvalue weighted by atomic mass is 10.2. The first-order chi connectivity index (χ1) is 8.54. The van der Waals surface area contributed by atoms with Gasteiger partial charge in [-0.05, 0) is 37.0 Å². The van der Waals surface area contributed by atoms with E-state index in [2.05, 4.69) is 10.6 Å². The van der Waals surface area contributed by atoms with Crippen LogP contribution in [0, 0.1) is 5.92 Å². The Morgan fingerprint density at radius 2 is 2.06 bits per heavy atom. The Kier molecular flexibility index (Phi) is 3.72. The Morgan fingerprint density at radius 3 is 2.67 bits per heavy atom. The highest BCUT2D eigenvalue weighted by molar-refractivity contribution is 6.31. The van der Waals surface area contributed by atoms with E-state index in [-0.39, 0.29) is 16.6 Å². The maximum absolute atomic E-state index is 11.5. The second kappa shape index (κ2) is 5.27. The third-order valence-electron chi connectivity index (χ3n) is 2.65. The molecule has 1 aromatic carbocycles. The summed E-state index contributed by atoms with van der Waals surface area (Å²) in [4.78, 5) is 22.4. The fraction of sp³-hybridized carbons (Fsp3) is 0.333. The minimum absolute atomic E-state index is 0.0417. The molecule has 3 N–H and O–H groups in total. The van der Waals surface area contributed by atoms with E-state index in [0.717, 1.165) is 12.8 Å². The molecule has 96 valence electrons. The van der Waals surface area contributed by atoms with E-state index in [1.807, 2.05) is 0 Å². The second-order valence-corrected chi connectivity index (χ2v) is 4.75. The molecule has 0 aromatic heterocycles. The molecular formula is C12H13ClN2O3. The molecule has 0 aliphatic heterocycles. The molecule has 1 aliphatic carbocycles. The van der Waals surface area contributed by atoms with Gasteiger partial charge in [0.05, 0.1) is 5.56 Å². The zero-order valence-corrected chi connectivity index (χ0v) is 10.3. The van der Waals surface area contributed by atoms with Crippen LogP contribution in [0.1, 0.15) is 23.2 Å². The van der Waals surface area contributed by atoms with Crippen LogP contribution in [0.15, 0.2) is 18.2 Å². The first kappa shape index (κ1) is 12.7. The van der Waals surface area contributed by atoms with Gasteiger partial charge in [0, 0.05) is 17.3 Å². The molecule has 0 saturated heterocycles. The van der Waals surface area contributed by atoms with E-state index in [1.54, 1.807) is 0 Å². The highest BCUT2D eigenvalue weighted by Gasteiger charge is 2.21. The molecule has 0 radical (unpaired) electrons. The van der Waals surface area contributed by atoms with Crippen LogP contribution in [-0.2, 0) is 0 Å². The SMILES string of the molecule is O=C(NCC1CC1)Nc1cc(Cl)cc(C(=O)O)c1. The molecule has 0 heterocycles. The van der Waals surface area contributed by atoms with Crippen molar-refractivity contribution in [3.05, 3.63) is 28.8 Å². The standard InChI is InChI=1S/C12H13ClN2O3/c13-9-3-8(11(16)17)4-10(5-9)15-12(18)14-6-7-1-2-7/h3-5,7H,1-2,6H2,(H,16,17)(H2,14,15,18). The van der Waals surface area contributed by atoms with Gasteiger partial charge in [-0.2, -0.15) is 0 Å². The summed E-state index contributed by atoms with van der Waals surface area (Å²) in [5, 5.41) is 14.4. The quantitative estimate of drug-likeness (QED) is 0.785. The smallest absolute Gasteiger partial charge is 0.335 e. The number of carbonyl (C=O) groups is 2. The Bertz CT molecular complexity index is 486. The van der Waals surface area contributed by atoms with Crippen molar-refractivity contribution in [2.75, 3.05) is 11.9 Å². The molecule has 1 aliphatic rings. The number of carbonyl (C=O) groups excluding carboxylic acids is 1. The lowest BCUT2D eigenvalue weighted by molar-refractivity contribution is 0.0697. The van der Waals surface area contributed by atoms with Crippen molar-refractivity contribution in [1.29, 1.82) is 0 Å². The van der Waals surface area contributed by atoms with Gasteiger partial charge in [0.15, 0.2) is 0 Å². The number of aromatic carboxylic acids is 1. The number of benzene rings is 1. The number of amides is 2. The van der Waals surface area contributed by atoms with Crippen LogP contribution in [0.3, 0.4) is 0 Å². The van der Waals surface area contributed by atoms with Gasteiger partial charge in [-0.3, -0.25) is 0 Å². The van der Waals surface area contributed by atoms with Gasteiger partial charge in [-0.1, -0.05) is 11.6 Å². The van der Waals surface area contributed by atoms with E-state index in [9.17, 15) is 9.59 Å². The molecule has 0 bridgehead atoms. The van der Waals surface area contributed by atoms with Gasteiger partial charge in [0.25, 0.3) is 0 Å². The Hall–Kier alpha value is -1.75. The van der Waals surface area contributed by atoms with E-state index >= 15 is 0 Å². The van der Waals surface area contributed by atoms with E-state index in [0.29, 0.717) is 18.2 Å². The second-order valence-electron chi connectivity index (χ2n) is 4.31.